The van der Waals surface area contributed by atoms with Crippen molar-refractivity contribution in [2.75, 3.05) is 13.7 Å². The van der Waals surface area contributed by atoms with Crippen molar-refractivity contribution in [1.82, 2.24) is 5.32 Å². The summed E-state index contributed by atoms with van der Waals surface area (Å²) in [6.45, 7) is 0.537. The zero-order chi connectivity index (χ0) is 13.7. The third-order valence-corrected chi connectivity index (χ3v) is 3.57. The van der Waals surface area contributed by atoms with Gasteiger partial charge in [0, 0.05) is 19.0 Å². The minimum Gasteiger partial charge on any atom is -0.497 e. The van der Waals surface area contributed by atoms with Crippen LogP contribution < -0.4 is 15.8 Å². The van der Waals surface area contributed by atoms with Gasteiger partial charge in [-0.1, -0.05) is 12.1 Å². The second-order valence-corrected chi connectivity index (χ2v) is 5.10. The van der Waals surface area contributed by atoms with E-state index in [4.69, 9.17) is 10.5 Å². The Morgan fingerprint density at radius 2 is 2.32 bits per heavy atom. The lowest BCUT2D eigenvalue weighted by atomic mass is 10.1. The summed E-state index contributed by atoms with van der Waals surface area (Å²) in [6.07, 6.45) is 3.61. The summed E-state index contributed by atoms with van der Waals surface area (Å²) in [5, 5.41) is 3.03. The molecule has 1 fully saturated rings. The normalized spacial score (nSPS) is 15.9. The second-order valence-electron chi connectivity index (χ2n) is 5.10. The Morgan fingerprint density at radius 3 is 2.95 bits per heavy atom. The van der Waals surface area contributed by atoms with Crippen LogP contribution >= 0.6 is 0 Å². The van der Waals surface area contributed by atoms with E-state index >= 15 is 0 Å². The molecule has 104 valence electrons. The first-order valence-electron chi connectivity index (χ1n) is 6.85. The molecule has 0 bridgehead atoms. The largest absolute Gasteiger partial charge is 0.497 e. The fourth-order valence-corrected chi connectivity index (χ4v) is 2.23. The third kappa shape index (κ3) is 4.24. The highest BCUT2D eigenvalue weighted by atomic mass is 16.5. The zero-order valence-corrected chi connectivity index (χ0v) is 11.4. The molecule has 0 radical (unpaired) electrons. The smallest absolute Gasteiger partial charge is 0.220 e. The van der Waals surface area contributed by atoms with Crippen molar-refractivity contribution < 1.29 is 9.53 Å². The van der Waals surface area contributed by atoms with Crippen LogP contribution in [0.1, 0.15) is 24.8 Å². The predicted molar refractivity (Wildman–Crippen MR) is 75.0 cm³/mol. The summed E-state index contributed by atoms with van der Waals surface area (Å²) in [5.41, 5.74) is 6.79. The average Bonchev–Trinajstić information content (AvgIpc) is 3.27. The van der Waals surface area contributed by atoms with E-state index in [2.05, 4.69) is 5.32 Å². The van der Waals surface area contributed by atoms with Crippen LogP contribution in [0.5, 0.6) is 5.75 Å². The van der Waals surface area contributed by atoms with Gasteiger partial charge in [0.1, 0.15) is 5.75 Å². The molecule has 1 saturated carbocycles. The molecular weight excluding hydrogens is 240 g/mol. The Hall–Kier alpha value is -1.55. The molecule has 1 atom stereocenters. The van der Waals surface area contributed by atoms with Gasteiger partial charge in [-0.3, -0.25) is 4.79 Å². The van der Waals surface area contributed by atoms with Crippen molar-refractivity contribution >= 4 is 5.91 Å². The van der Waals surface area contributed by atoms with Gasteiger partial charge in [0.25, 0.3) is 0 Å². The number of carbonyl (C=O) groups excluding carboxylic acids is 1. The molecule has 1 amide bonds. The molecule has 0 aromatic heterocycles. The molecule has 4 nitrogen and oxygen atoms in total. The number of methoxy groups -OCH3 is 1. The van der Waals surface area contributed by atoms with Gasteiger partial charge in [-0.25, -0.2) is 0 Å². The SMILES string of the molecule is COc1cccc(CCC(=O)NC(CN)C2CC2)c1. The molecule has 0 spiro atoms. The Labute approximate surface area is 114 Å². The maximum absolute atomic E-state index is 11.9. The van der Waals surface area contributed by atoms with Crippen molar-refractivity contribution in [2.45, 2.75) is 31.7 Å². The lowest BCUT2D eigenvalue weighted by Gasteiger charge is -2.15. The van der Waals surface area contributed by atoms with Crippen LogP contribution in [-0.4, -0.2) is 25.6 Å². The number of ether oxygens (including phenoxy) is 1. The van der Waals surface area contributed by atoms with Crippen LogP contribution in [0.4, 0.5) is 0 Å². The van der Waals surface area contributed by atoms with E-state index in [0.717, 1.165) is 17.7 Å². The fraction of sp³-hybridized carbons (Fsp3) is 0.533. The van der Waals surface area contributed by atoms with E-state index in [0.29, 0.717) is 18.9 Å². The topological polar surface area (TPSA) is 64.3 Å². The first kappa shape index (κ1) is 13.9. The summed E-state index contributed by atoms with van der Waals surface area (Å²) in [4.78, 5) is 11.9. The summed E-state index contributed by atoms with van der Waals surface area (Å²) in [5.74, 6) is 1.52. The number of rotatable bonds is 7. The van der Waals surface area contributed by atoms with E-state index in [9.17, 15) is 4.79 Å². The van der Waals surface area contributed by atoms with E-state index < -0.39 is 0 Å². The minimum atomic E-state index is 0.0881. The van der Waals surface area contributed by atoms with Crippen molar-refractivity contribution in [3.8, 4) is 5.75 Å². The molecule has 1 unspecified atom stereocenters. The number of nitrogens with two attached hydrogens (primary N) is 1. The summed E-state index contributed by atoms with van der Waals surface area (Å²) in [7, 11) is 1.65. The predicted octanol–water partition coefficient (Wildman–Crippen LogP) is 1.48. The van der Waals surface area contributed by atoms with Crippen molar-refractivity contribution in [3.05, 3.63) is 29.8 Å². The lowest BCUT2D eigenvalue weighted by Crippen LogP contribution is -2.41. The molecular formula is C15H22N2O2. The van der Waals surface area contributed by atoms with Crippen LogP contribution in [0.25, 0.3) is 0 Å². The van der Waals surface area contributed by atoms with Gasteiger partial charge >= 0.3 is 0 Å². The Balaban J connectivity index is 1.78. The van der Waals surface area contributed by atoms with Gasteiger partial charge in [-0.15, -0.1) is 0 Å². The Morgan fingerprint density at radius 1 is 1.53 bits per heavy atom. The van der Waals surface area contributed by atoms with Crippen LogP contribution in [0, 0.1) is 5.92 Å². The summed E-state index contributed by atoms with van der Waals surface area (Å²) >= 11 is 0. The second kappa shape index (κ2) is 6.57. The number of hydrogen-bond donors (Lipinski definition) is 2. The third-order valence-electron chi connectivity index (χ3n) is 3.57. The molecule has 1 aromatic carbocycles. The van der Waals surface area contributed by atoms with Crippen LogP contribution in [0.2, 0.25) is 0 Å². The fourth-order valence-electron chi connectivity index (χ4n) is 2.23. The number of amides is 1. The molecule has 1 aromatic rings. The molecule has 4 heteroatoms. The van der Waals surface area contributed by atoms with Crippen LogP contribution in [-0.2, 0) is 11.2 Å². The zero-order valence-electron chi connectivity index (χ0n) is 11.4. The number of carbonyl (C=O) groups is 1. The number of nitrogens with one attached hydrogen (secondary N) is 1. The molecule has 0 heterocycles. The molecule has 0 saturated heterocycles. The standard InChI is InChI=1S/C15H22N2O2/c1-19-13-4-2-3-11(9-13)5-8-15(18)17-14(10-16)12-6-7-12/h2-4,9,12,14H,5-8,10,16H2,1H3,(H,17,18). The van der Waals surface area contributed by atoms with Crippen molar-refractivity contribution in [3.63, 3.8) is 0 Å². The van der Waals surface area contributed by atoms with Gasteiger partial charge in [0.2, 0.25) is 5.91 Å². The monoisotopic (exact) mass is 262 g/mol. The van der Waals surface area contributed by atoms with E-state index in [1.165, 1.54) is 12.8 Å². The molecule has 0 aliphatic heterocycles. The van der Waals surface area contributed by atoms with Crippen LogP contribution in [0.3, 0.4) is 0 Å². The first-order chi connectivity index (χ1) is 9.22. The lowest BCUT2D eigenvalue weighted by molar-refractivity contribution is -0.121. The van der Waals surface area contributed by atoms with E-state index in [1.807, 2.05) is 24.3 Å². The Bertz CT molecular complexity index is 430. The quantitative estimate of drug-likeness (QED) is 0.782. The highest BCUT2D eigenvalue weighted by Crippen LogP contribution is 2.32. The van der Waals surface area contributed by atoms with Crippen molar-refractivity contribution in [1.29, 1.82) is 0 Å². The number of hydrogen-bond acceptors (Lipinski definition) is 3. The summed E-state index contributed by atoms with van der Waals surface area (Å²) < 4.78 is 5.17. The van der Waals surface area contributed by atoms with E-state index in [-0.39, 0.29) is 11.9 Å². The van der Waals surface area contributed by atoms with Gasteiger partial charge in [-0.05, 0) is 42.9 Å². The molecule has 19 heavy (non-hydrogen) atoms. The van der Waals surface area contributed by atoms with Crippen LogP contribution in [0.15, 0.2) is 24.3 Å². The van der Waals surface area contributed by atoms with Crippen molar-refractivity contribution in [2.24, 2.45) is 11.7 Å². The number of benzene rings is 1. The average molecular weight is 262 g/mol. The molecule has 3 N–H and O–H groups in total. The highest BCUT2D eigenvalue weighted by molar-refractivity contribution is 5.76. The van der Waals surface area contributed by atoms with Gasteiger partial charge in [-0.2, -0.15) is 0 Å². The summed E-state index contributed by atoms with van der Waals surface area (Å²) in [6, 6.07) is 7.99. The maximum Gasteiger partial charge on any atom is 0.220 e. The minimum absolute atomic E-state index is 0.0881. The first-order valence-corrected chi connectivity index (χ1v) is 6.85. The molecule has 1 aliphatic carbocycles. The van der Waals surface area contributed by atoms with Gasteiger partial charge in [0.15, 0.2) is 0 Å². The van der Waals surface area contributed by atoms with Gasteiger partial charge < -0.3 is 15.8 Å². The highest BCUT2D eigenvalue weighted by Gasteiger charge is 2.30. The van der Waals surface area contributed by atoms with Gasteiger partial charge in [0.05, 0.1) is 7.11 Å². The molecule has 2 rings (SSSR count). The Kier molecular flexibility index (Phi) is 4.80. The maximum atomic E-state index is 11.9. The molecule has 1 aliphatic rings. The number of aryl methyl sites for hydroxylation is 1. The van der Waals surface area contributed by atoms with E-state index in [1.54, 1.807) is 7.11 Å².